The number of hydrogen-bond acceptors (Lipinski definition) is 4. The van der Waals surface area contributed by atoms with Crippen molar-refractivity contribution >= 4 is 12.0 Å². The van der Waals surface area contributed by atoms with Gasteiger partial charge in [0.2, 0.25) is 0 Å². The smallest absolute Gasteiger partial charge is 0.150 e. The first-order valence-corrected chi connectivity index (χ1v) is 5.52. The molecule has 1 saturated heterocycles. The van der Waals surface area contributed by atoms with Crippen molar-refractivity contribution in [1.29, 1.82) is 0 Å². The van der Waals surface area contributed by atoms with Gasteiger partial charge in [0.1, 0.15) is 11.3 Å². The number of aromatic nitrogens is 2. The van der Waals surface area contributed by atoms with Gasteiger partial charge >= 0.3 is 0 Å². The molecule has 1 aromatic heterocycles. The van der Waals surface area contributed by atoms with Gasteiger partial charge < -0.3 is 8.92 Å². The summed E-state index contributed by atoms with van der Waals surface area (Å²) in [5.41, 5.74) is 0. The summed E-state index contributed by atoms with van der Waals surface area (Å²) in [5, 5.41) is 5.23. The molecule has 0 saturated carbocycles. The predicted molar refractivity (Wildman–Crippen MR) is 53.9 cm³/mol. The van der Waals surface area contributed by atoms with Crippen LogP contribution in [0, 0.1) is 0 Å². The third-order valence-electron chi connectivity index (χ3n) is 2.20. The third kappa shape index (κ3) is 2.29. The summed E-state index contributed by atoms with van der Waals surface area (Å²) in [6, 6.07) is 1.94. The van der Waals surface area contributed by atoms with E-state index in [1.807, 2.05) is 16.9 Å². The maximum Gasteiger partial charge on any atom is 0.150 e. The van der Waals surface area contributed by atoms with Crippen molar-refractivity contribution in [1.82, 2.24) is 9.78 Å². The van der Waals surface area contributed by atoms with E-state index in [0.717, 1.165) is 24.5 Å². The van der Waals surface area contributed by atoms with E-state index in [0.29, 0.717) is 0 Å². The molecule has 1 aromatic rings. The second kappa shape index (κ2) is 4.82. The minimum atomic E-state index is 0.120. The van der Waals surface area contributed by atoms with E-state index >= 15 is 0 Å². The second-order valence-electron chi connectivity index (χ2n) is 3.21. The fraction of sp³-hybridized carbons (Fsp3) is 0.667. The highest BCUT2D eigenvalue weighted by Crippen LogP contribution is 2.23. The molecule has 0 bridgehead atoms. The molecule has 0 spiro atoms. The molecule has 1 atom stereocenters. The quantitative estimate of drug-likeness (QED) is 0.723. The maximum atomic E-state index is 5.61. The van der Waals surface area contributed by atoms with Crippen molar-refractivity contribution in [3.63, 3.8) is 0 Å². The first-order valence-electron chi connectivity index (χ1n) is 4.77. The number of rotatable bonds is 3. The third-order valence-corrected chi connectivity index (χ3v) is 2.76. The summed E-state index contributed by atoms with van der Waals surface area (Å²) in [6.45, 7) is 0.845. The molecule has 0 N–H and O–H groups in total. The van der Waals surface area contributed by atoms with E-state index in [1.54, 1.807) is 7.11 Å². The Hall–Kier alpha value is -0.520. The van der Waals surface area contributed by atoms with Crippen LogP contribution >= 0.6 is 12.0 Å². The molecule has 0 radical (unpaired) electrons. The van der Waals surface area contributed by atoms with Crippen molar-refractivity contribution in [2.75, 3.05) is 13.7 Å². The van der Waals surface area contributed by atoms with Crippen LogP contribution in [0.2, 0.25) is 0 Å². The molecular formula is C9H14N2O2S. The van der Waals surface area contributed by atoms with Gasteiger partial charge in [0.25, 0.3) is 0 Å². The van der Waals surface area contributed by atoms with Gasteiger partial charge in [-0.25, -0.2) is 4.68 Å². The van der Waals surface area contributed by atoms with Crippen LogP contribution in [-0.4, -0.2) is 23.5 Å². The van der Waals surface area contributed by atoms with E-state index in [4.69, 9.17) is 8.92 Å². The van der Waals surface area contributed by atoms with Crippen LogP contribution in [0.5, 0.6) is 0 Å². The monoisotopic (exact) mass is 214 g/mol. The van der Waals surface area contributed by atoms with Crippen LogP contribution in [0.25, 0.3) is 0 Å². The zero-order valence-corrected chi connectivity index (χ0v) is 9.00. The Labute approximate surface area is 87.8 Å². The highest BCUT2D eigenvalue weighted by Gasteiger charge is 2.16. The Bertz CT molecular complexity index is 284. The van der Waals surface area contributed by atoms with E-state index in [1.165, 1.54) is 18.5 Å². The zero-order chi connectivity index (χ0) is 9.80. The number of hydrogen-bond donors (Lipinski definition) is 0. The fourth-order valence-corrected chi connectivity index (χ4v) is 1.96. The Morgan fingerprint density at radius 3 is 3.29 bits per heavy atom. The van der Waals surface area contributed by atoms with Gasteiger partial charge in [-0.2, -0.15) is 5.10 Å². The standard InChI is InChI=1S/C9H14N2O2S/c1-12-14-8-5-6-11(10-8)9-4-2-3-7-13-9/h5-6,9H,2-4,7H2,1H3. The van der Waals surface area contributed by atoms with Crippen molar-refractivity contribution < 1.29 is 8.92 Å². The second-order valence-corrected chi connectivity index (χ2v) is 4.12. The molecule has 78 valence electrons. The lowest BCUT2D eigenvalue weighted by Gasteiger charge is -2.22. The molecule has 1 aliphatic rings. The van der Waals surface area contributed by atoms with Gasteiger partial charge in [-0.3, -0.25) is 0 Å². The van der Waals surface area contributed by atoms with Gasteiger partial charge in [0.05, 0.1) is 19.2 Å². The van der Waals surface area contributed by atoms with E-state index in [9.17, 15) is 0 Å². The predicted octanol–water partition coefficient (Wildman–Crippen LogP) is 2.24. The minimum absolute atomic E-state index is 0.120. The summed E-state index contributed by atoms with van der Waals surface area (Å²) >= 11 is 1.27. The van der Waals surface area contributed by atoms with E-state index in [-0.39, 0.29) is 6.23 Å². The lowest BCUT2D eigenvalue weighted by molar-refractivity contribution is -0.0401. The van der Waals surface area contributed by atoms with E-state index < -0.39 is 0 Å². The molecule has 2 rings (SSSR count). The van der Waals surface area contributed by atoms with Crippen molar-refractivity contribution in [2.24, 2.45) is 0 Å². The Balaban J connectivity index is 2.00. The minimum Gasteiger partial charge on any atom is -0.357 e. The molecule has 5 heteroatoms. The van der Waals surface area contributed by atoms with Crippen LogP contribution < -0.4 is 0 Å². The highest BCUT2D eigenvalue weighted by molar-refractivity contribution is 7.94. The summed E-state index contributed by atoms with van der Waals surface area (Å²) in [7, 11) is 1.64. The Morgan fingerprint density at radius 2 is 2.57 bits per heavy atom. The van der Waals surface area contributed by atoms with Crippen LogP contribution in [0.1, 0.15) is 25.5 Å². The average molecular weight is 214 g/mol. The van der Waals surface area contributed by atoms with E-state index in [2.05, 4.69) is 5.10 Å². The topological polar surface area (TPSA) is 36.3 Å². The normalized spacial score (nSPS) is 22.5. The van der Waals surface area contributed by atoms with Crippen LogP contribution in [0.3, 0.4) is 0 Å². The molecule has 0 aromatic carbocycles. The van der Waals surface area contributed by atoms with Crippen LogP contribution in [0.15, 0.2) is 17.3 Å². The molecule has 2 heterocycles. The molecule has 1 fully saturated rings. The SMILES string of the molecule is COSc1ccn(C2CCCCO2)n1. The Kier molecular flexibility index (Phi) is 3.44. The van der Waals surface area contributed by atoms with Gasteiger partial charge in [-0.15, -0.1) is 0 Å². The zero-order valence-electron chi connectivity index (χ0n) is 8.18. The lowest BCUT2D eigenvalue weighted by atomic mass is 10.2. The van der Waals surface area contributed by atoms with Crippen LogP contribution in [0.4, 0.5) is 0 Å². The summed E-state index contributed by atoms with van der Waals surface area (Å²) in [6.07, 6.45) is 5.50. The maximum absolute atomic E-state index is 5.61. The Morgan fingerprint density at radius 1 is 1.64 bits per heavy atom. The molecule has 1 unspecified atom stereocenters. The summed E-state index contributed by atoms with van der Waals surface area (Å²) in [4.78, 5) is 0. The van der Waals surface area contributed by atoms with Gasteiger partial charge in [-0.05, 0) is 25.3 Å². The first-order chi connectivity index (χ1) is 6.90. The highest BCUT2D eigenvalue weighted by atomic mass is 32.2. The average Bonchev–Trinajstić information content (AvgIpc) is 2.68. The number of nitrogens with zero attached hydrogens (tertiary/aromatic N) is 2. The fourth-order valence-electron chi connectivity index (χ4n) is 1.54. The lowest BCUT2D eigenvalue weighted by Crippen LogP contribution is -2.18. The van der Waals surface area contributed by atoms with Crippen molar-refractivity contribution in [3.05, 3.63) is 12.3 Å². The summed E-state index contributed by atoms with van der Waals surface area (Å²) < 4.78 is 12.4. The molecule has 1 aliphatic heterocycles. The molecular weight excluding hydrogens is 200 g/mol. The van der Waals surface area contributed by atoms with Crippen molar-refractivity contribution in [2.45, 2.75) is 30.5 Å². The molecule has 4 nitrogen and oxygen atoms in total. The number of ether oxygens (including phenoxy) is 1. The van der Waals surface area contributed by atoms with Crippen molar-refractivity contribution in [3.8, 4) is 0 Å². The van der Waals surface area contributed by atoms with Crippen LogP contribution in [-0.2, 0) is 8.92 Å². The largest absolute Gasteiger partial charge is 0.357 e. The first kappa shape index (κ1) is 10.0. The van der Waals surface area contributed by atoms with Gasteiger partial charge in [0, 0.05) is 12.8 Å². The van der Waals surface area contributed by atoms with Gasteiger partial charge in [-0.1, -0.05) is 0 Å². The summed E-state index contributed by atoms with van der Waals surface area (Å²) in [5.74, 6) is 0. The molecule has 0 amide bonds. The molecule has 0 aliphatic carbocycles. The molecule has 14 heavy (non-hydrogen) atoms. The van der Waals surface area contributed by atoms with Gasteiger partial charge in [0.15, 0.2) is 0 Å².